The number of halogens is 1. The van der Waals surface area contributed by atoms with Crippen molar-refractivity contribution in [2.75, 3.05) is 27.4 Å². The van der Waals surface area contributed by atoms with Crippen LogP contribution in [0.25, 0.3) is 0 Å². The molecule has 10 heteroatoms. The quantitative estimate of drug-likeness (QED) is 0.554. The average molecular weight is 422 g/mol. The standard InChI is InChI=1S/C19H20ClN3O6/c1-27-13-7-12(8-14(9-13)28-2)19(26)21-10-17(24)22-23-18(25)11-29-16-6-4-3-5-15(16)20/h3-9H,10-11H2,1-2H3,(H,21,26)(H,22,24)(H,23,25). The molecule has 0 aliphatic rings. The maximum atomic E-state index is 12.2. The van der Waals surface area contributed by atoms with Crippen molar-refractivity contribution in [1.29, 1.82) is 0 Å². The largest absolute Gasteiger partial charge is 0.497 e. The van der Waals surface area contributed by atoms with Crippen LogP contribution in [0.1, 0.15) is 10.4 Å². The van der Waals surface area contributed by atoms with Gasteiger partial charge in [0.1, 0.15) is 17.2 Å². The van der Waals surface area contributed by atoms with Crippen LogP contribution in [0.15, 0.2) is 42.5 Å². The number of para-hydroxylation sites is 1. The lowest BCUT2D eigenvalue weighted by Gasteiger charge is -2.11. The molecule has 2 aromatic carbocycles. The Bertz CT molecular complexity index is 868. The molecule has 0 atom stereocenters. The van der Waals surface area contributed by atoms with E-state index in [1.165, 1.54) is 26.4 Å². The number of amides is 3. The molecule has 0 aliphatic heterocycles. The van der Waals surface area contributed by atoms with Gasteiger partial charge in [-0.25, -0.2) is 0 Å². The Morgan fingerprint density at radius 1 is 0.931 bits per heavy atom. The number of carbonyl (C=O) groups is 3. The van der Waals surface area contributed by atoms with Gasteiger partial charge in [0.25, 0.3) is 17.7 Å². The van der Waals surface area contributed by atoms with E-state index >= 15 is 0 Å². The van der Waals surface area contributed by atoms with Crippen LogP contribution in [-0.2, 0) is 9.59 Å². The molecule has 0 saturated carbocycles. The SMILES string of the molecule is COc1cc(OC)cc(C(=O)NCC(=O)NNC(=O)COc2ccccc2Cl)c1. The molecule has 0 fully saturated rings. The van der Waals surface area contributed by atoms with E-state index in [1.807, 2.05) is 0 Å². The highest BCUT2D eigenvalue weighted by Crippen LogP contribution is 2.23. The van der Waals surface area contributed by atoms with Gasteiger partial charge in [-0.3, -0.25) is 25.2 Å². The van der Waals surface area contributed by atoms with Gasteiger partial charge in [0.2, 0.25) is 0 Å². The number of nitrogens with one attached hydrogen (secondary N) is 3. The first-order chi connectivity index (χ1) is 13.9. The number of hydrazine groups is 1. The van der Waals surface area contributed by atoms with Gasteiger partial charge >= 0.3 is 0 Å². The zero-order valence-corrected chi connectivity index (χ0v) is 16.5. The van der Waals surface area contributed by atoms with Crippen LogP contribution in [0.4, 0.5) is 0 Å². The third kappa shape index (κ3) is 6.89. The third-order valence-corrected chi connectivity index (χ3v) is 3.87. The maximum Gasteiger partial charge on any atom is 0.276 e. The molecular weight excluding hydrogens is 402 g/mol. The molecule has 0 heterocycles. The number of hydrogen-bond acceptors (Lipinski definition) is 6. The molecule has 0 aromatic heterocycles. The predicted molar refractivity (Wildman–Crippen MR) is 105 cm³/mol. The smallest absolute Gasteiger partial charge is 0.276 e. The summed E-state index contributed by atoms with van der Waals surface area (Å²) in [6.07, 6.45) is 0. The number of methoxy groups -OCH3 is 2. The molecule has 2 aromatic rings. The second-order valence-electron chi connectivity index (χ2n) is 5.60. The first kappa shape index (κ1) is 21.8. The molecular formula is C19H20ClN3O6. The van der Waals surface area contributed by atoms with Crippen LogP contribution < -0.4 is 30.4 Å². The van der Waals surface area contributed by atoms with Crippen molar-refractivity contribution in [2.24, 2.45) is 0 Å². The summed E-state index contributed by atoms with van der Waals surface area (Å²) in [5.74, 6) is -0.516. The molecule has 3 N–H and O–H groups in total. The van der Waals surface area contributed by atoms with Gasteiger partial charge in [-0.15, -0.1) is 0 Å². The van der Waals surface area contributed by atoms with E-state index in [-0.39, 0.29) is 18.7 Å². The first-order valence-electron chi connectivity index (χ1n) is 8.39. The summed E-state index contributed by atoms with van der Waals surface area (Å²) in [6.45, 7) is -0.704. The van der Waals surface area contributed by atoms with E-state index in [9.17, 15) is 14.4 Å². The summed E-state index contributed by atoms with van der Waals surface area (Å²) in [4.78, 5) is 35.7. The van der Waals surface area contributed by atoms with Crippen LogP contribution in [0, 0.1) is 0 Å². The van der Waals surface area contributed by atoms with E-state index in [0.29, 0.717) is 22.3 Å². The van der Waals surface area contributed by atoms with Gasteiger partial charge in [0.05, 0.1) is 25.8 Å². The summed E-state index contributed by atoms with van der Waals surface area (Å²) in [5.41, 5.74) is 4.60. The molecule has 0 radical (unpaired) electrons. The van der Waals surface area contributed by atoms with Crippen molar-refractivity contribution in [2.45, 2.75) is 0 Å². The summed E-state index contributed by atoms with van der Waals surface area (Å²) in [7, 11) is 2.92. The molecule has 2 rings (SSSR count). The van der Waals surface area contributed by atoms with Gasteiger partial charge < -0.3 is 19.5 Å². The van der Waals surface area contributed by atoms with E-state index < -0.39 is 17.7 Å². The van der Waals surface area contributed by atoms with Crippen LogP contribution >= 0.6 is 11.6 Å². The third-order valence-electron chi connectivity index (χ3n) is 3.56. The minimum atomic E-state index is -0.626. The molecule has 0 spiro atoms. The Morgan fingerprint density at radius 3 is 2.17 bits per heavy atom. The zero-order chi connectivity index (χ0) is 21.2. The summed E-state index contributed by atoms with van der Waals surface area (Å²) >= 11 is 5.91. The molecule has 29 heavy (non-hydrogen) atoms. The van der Waals surface area contributed by atoms with Crippen molar-refractivity contribution in [1.82, 2.24) is 16.2 Å². The lowest BCUT2D eigenvalue weighted by Crippen LogP contribution is -2.47. The summed E-state index contributed by atoms with van der Waals surface area (Å²) in [5, 5.41) is 2.79. The molecule has 3 amide bonds. The van der Waals surface area contributed by atoms with E-state index in [1.54, 1.807) is 30.3 Å². The first-order valence-corrected chi connectivity index (χ1v) is 8.77. The topological polar surface area (TPSA) is 115 Å². The van der Waals surface area contributed by atoms with Gasteiger partial charge in [-0.1, -0.05) is 23.7 Å². The van der Waals surface area contributed by atoms with E-state index in [0.717, 1.165) is 0 Å². The molecule has 0 saturated heterocycles. The van der Waals surface area contributed by atoms with Crippen molar-refractivity contribution >= 4 is 29.3 Å². The van der Waals surface area contributed by atoms with Crippen molar-refractivity contribution in [3.05, 3.63) is 53.1 Å². The number of rotatable bonds is 8. The summed E-state index contributed by atoms with van der Waals surface area (Å²) in [6, 6.07) is 11.3. The molecule has 0 unspecified atom stereocenters. The average Bonchev–Trinajstić information content (AvgIpc) is 2.74. The molecule has 0 bridgehead atoms. The normalized spacial score (nSPS) is 9.90. The maximum absolute atomic E-state index is 12.2. The Kier molecular flexibility index (Phi) is 8.11. The lowest BCUT2D eigenvalue weighted by atomic mass is 10.2. The highest BCUT2D eigenvalue weighted by molar-refractivity contribution is 6.32. The minimum absolute atomic E-state index is 0.256. The highest BCUT2D eigenvalue weighted by atomic mass is 35.5. The van der Waals surface area contributed by atoms with Gasteiger partial charge in [0, 0.05) is 11.6 Å². The predicted octanol–water partition coefficient (Wildman–Crippen LogP) is 1.31. The Labute approximate surface area is 172 Å². The fourth-order valence-electron chi connectivity index (χ4n) is 2.13. The number of hydrogen-bond donors (Lipinski definition) is 3. The van der Waals surface area contributed by atoms with Crippen molar-refractivity contribution in [3.8, 4) is 17.2 Å². The minimum Gasteiger partial charge on any atom is -0.497 e. The monoisotopic (exact) mass is 421 g/mol. The second-order valence-corrected chi connectivity index (χ2v) is 6.01. The highest BCUT2D eigenvalue weighted by Gasteiger charge is 2.12. The van der Waals surface area contributed by atoms with Crippen molar-refractivity contribution < 1.29 is 28.6 Å². The number of benzene rings is 2. The molecule has 9 nitrogen and oxygen atoms in total. The van der Waals surface area contributed by atoms with E-state index in [4.69, 9.17) is 25.8 Å². The van der Waals surface area contributed by atoms with Gasteiger partial charge in [0.15, 0.2) is 6.61 Å². The van der Waals surface area contributed by atoms with Crippen LogP contribution in [0.2, 0.25) is 5.02 Å². The van der Waals surface area contributed by atoms with Gasteiger partial charge in [-0.05, 0) is 24.3 Å². The zero-order valence-electron chi connectivity index (χ0n) is 15.8. The van der Waals surface area contributed by atoms with Crippen LogP contribution in [0.5, 0.6) is 17.2 Å². The fraction of sp³-hybridized carbons (Fsp3) is 0.211. The number of carbonyl (C=O) groups excluding carboxylic acids is 3. The Morgan fingerprint density at radius 2 is 1.55 bits per heavy atom. The Balaban J connectivity index is 1.76. The van der Waals surface area contributed by atoms with Gasteiger partial charge in [-0.2, -0.15) is 0 Å². The molecule has 154 valence electrons. The fourth-order valence-corrected chi connectivity index (χ4v) is 2.32. The Hall–Kier alpha value is -3.46. The second kappa shape index (κ2) is 10.8. The lowest BCUT2D eigenvalue weighted by molar-refractivity contribution is -0.129. The van der Waals surface area contributed by atoms with Crippen LogP contribution in [-0.4, -0.2) is 45.1 Å². The number of ether oxygens (including phenoxy) is 3. The molecule has 0 aliphatic carbocycles. The summed E-state index contributed by atoms with van der Waals surface area (Å²) < 4.78 is 15.4. The van der Waals surface area contributed by atoms with E-state index in [2.05, 4.69) is 16.2 Å². The van der Waals surface area contributed by atoms with Crippen molar-refractivity contribution in [3.63, 3.8) is 0 Å². The van der Waals surface area contributed by atoms with Crippen LogP contribution in [0.3, 0.4) is 0 Å².